The number of amides is 1. The van der Waals surface area contributed by atoms with E-state index in [0.717, 1.165) is 22.1 Å². The molecule has 0 saturated heterocycles. The average molecular weight is 379 g/mol. The zero-order chi connectivity index (χ0) is 18.8. The molecule has 0 saturated carbocycles. The van der Waals surface area contributed by atoms with Gasteiger partial charge in [0.25, 0.3) is 5.56 Å². The van der Waals surface area contributed by atoms with Crippen molar-refractivity contribution in [2.75, 3.05) is 7.05 Å². The van der Waals surface area contributed by atoms with Crippen molar-refractivity contribution in [3.63, 3.8) is 0 Å². The van der Waals surface area contributed by atoms with E-state index in [1.807, 2.05) is 36.4 Å². The Morgan fingerprint density at radius 3 is 2.81 bits per heavy atom. The molecule has 2 heterocycles. The maximum Gasteiger partial charge on any atom is 0.270 e. The molecule has 0 atom stereocenters. The van der Waals surface area contributed by atoms with Crippen molar-refractivity contribution in [3.8, 4) is 0 Å². The Labute approximate surface area is 159 Å². The molecule has 0 aliphatic rings. The fourth-order valence-electron chi connectivity index (χ4n) is 2.94. The van der Waals surface area contributed by atoms with Crippen LogP contribution in [0.2, 0.25) is 0 Å². The first kappa shape index (κ1) is 17.3. The molecule has 4 rings (SSSR count). The first-order valence-corrected chi connectivity index (χ1v) is 9.26. The average Bonchev–Trinajstić information content (AvgIpc) is 3.13. The van der Waals surface area contributed by atoms with Crippen molar-refractivity contribution >= 4 is 39.7 Å². The number of aromatic amines is 1. The van der Waals surface area contributed by atoms with Crippen molar-refractivity contribution < 1.29 is 4.79 Å². The minimum atomic E-state index is -0.245. The summed E-state index contributed by atoms with van der Waals surface area (Å²) in [4.78, 5) is 33.5. The van der Waals surface area contributed by atoms with Crippen molar-refractivity contribution in [2.24, 2.45) is 0 Å². The number of benzene rings is 2. The summed E-state index contributed by atoms with van der Waals surface area (Å²) in [6.45, 7) is 0.480. The molecule has 1 amide bonds. The third kappa shape index (κ3) is 3.70. The highest BCUT2D eigenvalue weighted by Gasteiger charge is 2.13. The first-order valence-electron chi connectivity index (χ1n) is 8.53. The second kappa shape index (κ2) is 7.24. The molecular formula is C19H17N5O2S. The maximum atomic E-state index is 12.5. The number of carbonyl (C=O) groups is 1. The van der Waals surface area contributed by atoms with Crippen LogP contribution in [0.1, 0.15) is 17.7 Å². The molecule has 136 valence electrons. The van der Waals surface area contributed by atoms with Gasteiger partial charge in [-0.25, -0.2) is 4.98 Å². The lowest BCUT2D eigenvalue weighted by Gasteiger charge is -2.17. The molecule has 7 nitrogen and oxygen atoms in total. The van der Waals surface area contributed by atoms with E-state index < -0.39 is 0 Å². The quantitative estimate of drug-likeness (QED) is 0.575. The van der Waals surface area contributed by atoms with Gasteiger partial charge < -0.3 is 9.88 Å². The van der Waals surface area contributed by atoms with E-state index in [4.69, 9.17) is 0 Å². The minimum Gasteiger partial charge on any atom is -0.341 e. The highest BCUT2D eigenvalue weighted by Crippen LogP contribution is 2.15. The van der Waals surface area contributed by atoms with Gasteiger partial charge in [0, 0.05) is 26.4 Å². The van der Waals surface area contributed by atoms with Crippen LogP contribution in [0.4, 0.5) is 0 Å². The van der Waals surface area contributed by atoms with Gasteiger partial charge in [-0.3, -0.25) is 9.59 Å². The third-order valence-corrected chi connectivity index (χ3v) is 4.97. The Bertz CT molecular complexity index is 1180. The number of H-pyrrole nitrogens is 1. The number of para-hydroxylation sites is 2. The van der Waals surface area contributed by atoms with Gasteiger partial charge in [0.1, 0.15) is 16.7 Å². The van der Waals surface area contributed by atoms with Crippen molar-refractivity contribution in [2.45, 2.75) is 19.4 Å². The lowest BCUT2D eigenvalue weighted by Crippen LogP contribution is -2.27. The normalized spacial score (nSPS) is 11.1. The summed E-state index contributed by atoms with van der Waals surface area (Å²) in [6.07, 6.45) is 0.532. The number of hydrogen-bond donors (Lipinski definition) is 1. The van der Waals surface area contributed by atoms with Crippen LogP contribution in [0.5, 0.6) is 0 Å². The van der Waals surface area contributed by atoms with Gasteiger partial charge in [-0.1, -0.05) is 18.2 Å². The Morgan fingerprint density at radius 1 is 1.11 bits per heavy atom. The molecule has 2 aromatic carbocycles. The largest absolute Gasteiger partial charge is 0.341 e. The summed E-state index contributed by atoms with van der Waals surface area (Å²) in [5.74, 6) is -0.0409. The number of hydrogen-bond acceptors (Lipinski definition) is 6. The van der Waals surface area contributed by atoms with Crippen LogP contribution in [0, 0.1) is 0 Å². The number of aryl methyl sites for hydroxylation is 1. The van der Waals surface area contributed by atoms with E-state index in [9.17, 15) is 9.59 Å². The number of aromatic nitrogens is 4. The monoisotopic (exact) mass is 379 g/mol. The highest BCUT2D eigenvalue weighted by atomic mass is 32.1. The Kier molecular flexibility index (Phi) is 4.64. The topological polar surface area (TPSA) is 91.8 Å². The molecule has 0 fully saturated rings. The number of fused-ring (bicyclic) bond motifs is 2. The lowest BCUT2D eigenvalue weighted by atomic mass is 10.1. The fourth-order valence-corrected chi connectivity index (χ4v) is 3.46. The number of nitrogens with one attached hydrogen (secondary N) is 1. The summed E-state index contributed by atoms with van der Waals surface area (Å²) < 4.78 is 8.40. The van der Waals surface area contributed by atoms with Crippen LogP contribution in [0.15, 0.2) is 47.3 Å². The van der Waals surface area contributed by atoms with Crippen LogP contribution in [0.25, 0.3) is 22.1 Å². The second-order valence-electron chi connectivity index (χ2n) is 6.37. The molecule has 0 aliphatic carbocycles. The zero-order valence-corrected chi connectivity index (χ0v) is 15.5. The molecule has 1 N–H and O–H groups in total. The highest BCUT2D eigenvalue weighted by molar-refractivity contribution is 7.00. The molecule has 0 unspecified atom stereocenters. The SMILES string of the molecule is CN(Cc1ccc2nsnc2c1)C(=O)CCc1nc2ccccc2[nH]c1=O. The van der Waals surface area contributed by atoms with E-state index in [1.54, 1.807) is 18.0 Å². The Morgan fingerprint density at radius 2 is 1.93 bits per heavy atom. The van der Waals surface area contributed by atoms with Gasteiger partial charge in [0.2, 0.25) is 5.91 Å². The Hall–Kier alpha value is -3.13. The van der Waals surface area contributed by atoms with Gasteiger partial charge in [-0.2, -0.15) is 8.75 Å². The molecule has 4 aromatic rings. The van der Waals surface area contributed by atoms with E-state index >= 15 is 0 Å². The van der Waals surface area contributed by atoms with Gasteiger partial charge in [0.15, 0.2) is 0 Å². The number of nitrogens with zero attached hydrogens (tertiary/aromatic N) is 4. The summed E-state index contributed by atoms with van der Waals surface area (Å²) in [6, 6.07) is 13.2. The lowest BCUT2D eigenvalue weighted by molar-refractivity contribution is -0.130. The first-order chi connectivity index (χ1) is 13.1. The summed E-state index contributed by atoms with van der Waals surface area (Å²) in [5, 5.41) is 0. The van der Waals surface area contributed by atoms with Crippen LogP contribution in [0.3, 0.4) is 0 Å². The van der Waals surface area contributed by atoms with E-state index in [1.165, 1.54) is 11.7 Å². The van der Waals surface area contributed by atoms with Gasteiger partial charge in [-0.05, 0) is 29.8 Å². The molecular weight excluding hydrogens is 362 g/mol. The molecule has 0 aliphatic heterocycles. The molecule has 27 heavy (non-hydrogen) atoms. The van der Waals surface area contributed by atoms with Gasteiger partial charge in [-0.15, -0.1) is 0 Å². The summed E-state index contributed by atoms with van der Waals surface area (Å²) in [7, 11) is 1.75. The van der Waals surface area contributed by atoms with Crippen LogP contribution in [-0.2, 0) is 17.8 Å². The summed E-state index contributed by atoms with van der Waals surface area (Å²) in [5.41, 5.74) is 4.24. The molecule has 0 radical (unpaired) electrons. The smallest absolute Gasteiger partial charge is 0.270 e. The number of rotatable bonds is 5. The van der Waals surface area contributed by atoms with E-state index in [-0.39, 0.29) is 17.9 Å². The van der Waals surface area contributed by atoms with Crippen LogP contribution in [-0.4, -0.2) is 36.6 Å². The molecule has 8 heteroatoms. The summed E-state index contributed by atoms with van der Waals surface area (Å²) >= 11 is 1.17. The fraction of sp³-hybridized carbons (Fsp3) is 0.211. The maximum absolute atomic E-state index is 12.5. The predicted molar refractivity (Wildman–Crippen MR) is 105 cm³/mol. The van der Waals surface area contributed by atoms with Gasteiger partial charge >= 0.3 is 0 Å². The minimum absolute atomic E-state index is 0.0409. The molecule has 0 spiro atoms. The second-order valence-corrected chi connectivity index (χ2v) is 6.90. The van der Waals surface area contributed by atoms with E-state index in [2.05, 4.69) is 18.7 Å². The van der Waals surface area contributed by atoms with Crippen LogP contribution >= 0.6 is 11.7 Å². The third-order valence-electron chi connectivity index (χ3n) is 4.41. The van der Waals surface area contributed by atoms with E-state index in [0.29, 0.717) is 24.2 Å². The predicted octanol–water partition coefficient (Wildman–Crippen LogP) is 2.52. The van der Waals surface area contributed by atoms with Crippen LogP contribution < -0.4 is 5.56 Å². The van der Waals surface area contributed by atoms with Crippen molar-refractivity contribution in [1.29, 1.82) is 0 Å². The van der Waals surface area contributed by atoms with Crippen molar-refractivity contribution in [3.05, 3.63) is 64.1 Å². The number of carbonyl (C=O) groups excluding carboxylic acids is 1. The van der Waals surface area contributed by atoms with Gasteiger partial charge in [0.05, 0.1) is 22.8 Å². The zero-order valence-electron chi connectivity index (χ0n) is 14.7. The molecule has 2 aromatic heterocycles. The standard InChI is InChI=1S/C19H17N5O2S/c1-24(11-12-6-7-15-17(10-12)23-27-22-15)18(25)9-8-16-19(26)21-14-5-3-2-4-13(14)20-16/h2-7,10H,8-9,11H2,1H3,(H,21,26). The Balaban J connectivity index is 1.42. The van der Waals surface area contributed by atoms with Crippen molar-refractivity contribution in [1.82, 2.24) is 23.6 Å². The molecule has 0 bridgehead atoms.